The Morgan fingerprint density at radius 2 is 1.54 bits per heavy atom. The van der Waals surface area contributed by atoms with Gasteiger partial charge in [0.2, 0.25) is 17.8 Å². The average Bonchev–Trinajstić information content (AvgIpc) is 2.91. The molecule has 4 heterocycles. The minimum Gasteiger partial charge on any atom is -0.378 e. The topological polar surface area (TPSA) is 106 Å². The predicted octanol–water partition coefficient (Wildman–Crippen LogP) is 3.53. The summed E-state index contributed by atoms with van der Waals surface area (Å²) in [6.07, 6.45) is 0.162. The van der Waals surface area contributed by atoms with Crippen LogP contribution in [0.4, 0.5) is 30.9 Å². The van der Waals surface area contributed by atoms with E-state index in [4.69, 9.17) is 9.47 Å². The Kier molecular flexibility index (Phi) is 9.09. The lowest BCUT2D eigenvalue weighted by Crippen LogP contribution is -2.40. The quantitative estimate of drug-likeness (QED) is 0.494. The van der Waals surface area contributed by atoms with Gasteiger partial charge in [-0.05, 0) is 12.5 Å². The number of aromatic nitrogens is 4. The summed E-state index contributed by atoms with van der Waals surface area (Å²) in [5, 5.41) is 2.49. The third kappa shape index (κ3) is 7.25. The van der Waals surface area contributed by atoms with E-state index in [1.54, 1.807) is 0 Å². The molecule has 0 saturated carbocycles. The summed E-state index contributed by atoms with van der Waals surface area (Å²) < 4.78 is 53.3. The van der Waals surface area contributed by atoms with Gasteiger partial charge >= 0.3 is 6.18 Å². The lowest BCUT2D eigenvalue weighted by molar-refractivity contribution is -0.137. The third-order valence-electron chi connectivity index (χ3n) is 6.17. The second kappa shape index (κ2) is 12.5. The summed E-state index contributed by atoms with van der Waals surface area (Å²) in [6.45, 7) is 5.99. The van der Waals surface area contributed by atoms with Gasteiger partial charge in [-0.25, -0.2) is 4.98 Å². The number of ether oxygens (including phenoxy) is 2. The second-order valence-corrected chi connectivity index (χ2v) is 8.93. The number of unbranched alkanes of at least 4 members (excludes halogenated alkanes) is 3. The molecule has 1 N–H and O–H groups in total. The van der Waals surface area contributed by atoms with Crippen molar-refractivity contribution in [3.8, 4) is 11.4 Å². The fourth-order valence-electron chi connectivity index (χ4n) is 4.14. The molecular formula is C24H32F3N7O3. The fourth-order valence-corrected chi connectivity index (χ4v) is 4.14. The van der Waals surface area contributed by atoms with E-state index >= 15 is 0 Å². The third-order valence-corrected chi connectivity index (χ3v) is 6.17. The zero-order valence-electron chi connectivity index (χ0n) is 20.9. The number of rotatable bonds is 9. The molecule has 2 aromatic heterocycles. The van der Waals surface area contributed by atoms with Gasteiger partial charge in [0.15, 0.2) is 5.82 Å². The zero-order chi connectivity index (χ0) is 26.3. The average molecular weight is 524 g/mol. The summed E-state index contributed by atoms with van der Waals surface area (Å²) in [7, 11) is 0. The van der Waals surface area contributed by atoms with E-state index in [9.17, 15) is 18.0 Å². The number of anilines is 3. The minimum atomic E-state index is -4.72. The van der Waals surface area contributed by atoms with E-state index in [-0.39, 0.29) is 41.4 Å². The summed E-state index contributed by atoms with van der Waals surface area (Å²) in [5.41, 5.74) is -1.25. The summed E-state index contributed by atoms with van der Waals surface area (Å²) in [5.74, 6) is -0.0868. The molecule has 0 atom stereocenters. The van der Waals surface area contributed by atoms with Gasteiger partial charge in [-0.2, -0.15) is 28.1 Å². The molecule has 0 spiro atoms. The van der Waals surface area contributed by atoms with Gasteiger partial charge in [-0.1, -0.05) is 26.2 Å². The van der Waals surface area contributed by atoms with Crippen LogP contribution in [-0.4, -0.2) is 78.4 Å². The van der Waals surface area contributed by atoms with Crippen LogP contribution in [0.25, 0.3) is 11.4 Å². The highest BCUT2D eigenvalue weighted by Gasteiger charge is 2.36. The van der Waals surface area contributed by atoms with Crippen LogP contribution in [-0.2, 0) is 20.4 Å². The number of hydrogen-bond acceptors (Lipinski definition) is 9. The number of carbonyl (C=O) groups is 1. The van der Waals surface area contributed by atoms with Gasteiger partial charge < -0.3 is 24.6 Å². The maximum Gasteiger partial charge on any atom is 0.417 e. The second-order valence-electron chi connectivity index (χ2n) is 8.93. The van der Waals surface area contributed by atoms with Crippen LogP contribution in [0.2, 0.25) is 0 Å². The van der Waals surface area contributed by atoms with E-state index < -0.39 is 11.7 Å². The first-order chi connectivity index (χ1) is 17.8. The van der Waals surface area contributed by atoms with Crippen molar-refractivity contribution in [3.05, 3.63) is 17.8 Å². The van der Waals surface area contributed by atoms with Crippen LogP contribution >= 0.6 is 0 Å². The van der Waals surface area contributed by atoms with Crippen molar-refractivity contribution in [1.82, 2.24) is 19.9 Å². The van der Waals surface area contributed by atoms with Crippen LogP contribution in [0.1, 0.15) is 44.6 Å². The standard InChI is InChI=1S/C24H32F3N7O3/c1-2-3-4-5-6-20(35)29-19-15-18(24(25,26)27)17(16-28-19)21-30-22(33-7-11-36-12-8-33)32-23(31-21)34-9-13-37-14-10-34/h15-16H,2-14H2,1H3,(H,28,29,35). The van der Waals surface area contributed by atoms with Crippen molar-refractivity contribution >= 4 is 23.6 Å². The number of carbonyl (C=O) groups excluding carboxylic acids is 1. The Morgan fingerprint density at radius 3 is 2.08 bits per heavy atom. The SMILES string of the molecule is CCCCCCC(=O)Nc1cc(C(F)(F)F)c(-c2nc(N3CCOCC3)nc(N3CCOCC3)n2)cn1. The Bertz CT molecular complexity index is 1020. The molecule has 0 bridgehead atoms. The normalized spacial score (nSPS) is 16.6. The van der Waals surface area contributed by atoms with Crippen LogP contribution in [0.5, 0.6) is 0 Å². The van der Waals surface area contributed by atoms with E-state index in [1.807, 2.05) is 9.80 Å². The van der Waals surface area contributed by atoms with Crippen LogP contribution in [0.3, 0.4) is 0 Å². The van der Waals surface area contributed by atoms with Gasteiger partial charge in [0.1, 0.15) is 5.82 Å². The lowest BCUT2D eigenvalue weighted by Gasteiger charge is -2.30. The number of hydrogen-bond donors (Lipinski definition) is 1. The highest BCUT2D eigenvalue weighted by atomic mass is 19.4. The fraction of sp³-hybridized carbons (Fsp3) is 0.625. The molecule has 2 aromatic rings. The summed E-state index contributed by atoms with van der Waals surface area (Å²) in [4.78, 5) is 33.4. The minimum absolute atomic E-state index is 0.129. The molecule has 10 nitrogen and oxygen atoms in total. The maximum atomic E-state index is 14.2. The van der Waals surface area contributed by atoms with Crippen LogP contribution in [0, 0.1) is 0 Å². The number of halogens is 3. The smallest absolute Gasteiger partial charge is 0.378 e. The number of nitrogens with one attached hydrogen (secondary N) is 1. The summed E-state index contributed by atoms with van der Waals surface area (Å²) >= 11 is 0. The van der Waals surface area contributed by atoms with Crippen molar-refractivity contribution in [1.29, 1.82) is 0 Å². The molecule has 0 radical (unpaired) electrons. The largest absolute Gasteiger partial charge is 0.417 e. The van der Waals surface area contributed by atoms with Crippen LogP contribution < -0.4 is 15.1 Å². The van der Waals surface area contributed by atoms with Gasteiger partial charge in [0.05, 0.1) is 37.6 Å². The number of alkyl halides is 3. The molecule has 2 fully saturated rings. The molecule has 37 heavy (non-hydrogen) atoms. The van der Waals surface area contributed by atoms with Gasteiger partial charge in [-0.15, -0.1) is 0 Å². The number of amides is 1. The molecule has 0 aromatic carbocycles. The van der Waals surface area contributed by atoms with Crippen molar-refractivity contribution < 1.29 is 27.4 Å². The molecule has 2 saturated heterocycles. The molecule has 13 heteroatoms. The van der Waals surface area contributed by atoms with Gasteiger partial charge in [-0.3, -0.25) is 4.79 Å². The molecule has 1 amide bonds. The van der Waals surface area contributed by atoms with E-state index in [2.05, 4.69) is 32.2 Å². The number of nitrogens with zero attached hydrogens (tertiary/aromatic N) is 6. The molecule has 2 aliphatic heterocycles. The molecule has 2 aliphatic rings. The molecule has 4 rings (SSSR count). The monoisotopic (exact) mass is 523 g/mol. The highest BCUT2D eigenvalue weighted by Crippen LogP contribution is 2.37. The van der Waals surface area contributed by atoms with Crippen molar-refractivity contribution in [3.63, 3.8) is 0 Å². The van der Waals surface area contributed by atoms with E-state index in [0.29, 0.717) is 59.0 Å². The van der Waals surface area contributed by atoms with Gasteiger partial charge in [0, 0.05) is 38.8 Å². The van der Waals surface area contributed by atoms with Crippen molar-refractivity contribution in [2.24, 2.45) is 0 Å². The highest BCUT2D eigenvalue weighted by molar-refractivity contribution is 5.90. The van der Waals surface area contributed by atoms with Crippen LogP contribution in [0.15, 0.2) is 12.3 Å². The number of pyridine rings is 1. The zero-order valence-corrected chi connectivity index (χ0v) is 20.9. The first kappa shape index (κ1) is 27.0. The first-order valence-electron chi connectivity index (χ1n) is 12.6. The lowest BCUT2D eigenvalue weighted by atomic mass is 10.1. The van der Waals surface area contributed by atoms with E-state index in [1.165, 1.54) is 0 Å². The molecule has 202 valence electrons. The first-order valence-corrected chi connectivity index (χ1v) is 12.6. The number of morpholine rings is 2. The van der Waals surface area contributed by atoms with Crippen molar-refractivity contribution in [2.75, 3.05) is 67.7 Å². The predicted molar refractivity (Wildman–Crippen MR) is 132 cm³/mol. The Labute approximate surface area is 213 Å². The molecule has 0 unspecified atom stereocenters. The molecule has 0 aliphatic carbocycles. The Morgan fingerprint density at radius 1 is 0.946 bits per heavy atom. The summed E-state index contributed by atoms with van der Waals surface area (Å²) in [6, 6.07) is 0.839. The van der Waals surface area contributed by atoms with Crippen molar-refractivity contribution in [2.45, 2.75) is 45.2 Å². The Hall–Kier alpha value is -3.06. The molecular weight excluding hydrogens is 491 g/mol. The Balaban J connectivity index is 1.66. The van der Waals surface area contributed by atoms with E-state index in [0.717, 1.165) is 31.5 Å². The van der Waals surface area contributed by atoms with Gasteiger partial charge in [0.25, 0.3) is 0 Å². The maximum absolute atomic E-state index is 14.2.